The number of amides is 1. The quantitative estimate of drug-likeness (QED) is 0.763. The lowest BCUT2D eigenvalue weighted by Gasteiger charge is -2.35. The summed E-state index contributed by atoms with van der Waals surface area (Å²) in [6.07, 6.45) is 2.32. The number of likely N-dealkylation sites (tertiary alicyclic amines) is 1. The van der Waals surface area contributed by atoms with E-state index in [1.54, 1.807) is 20.8 Å². The van der Waals surface area contributed by atoms with Crippen LogP contribution < -0.4 is 0 Å². The first kappa shape index (κ1) is 17.8. The molecular weight excluding hydrogens is 274 g/mol. The van der Waals surface area contributed by atoms with Gasteiger partial charge in [-0.3, -0.25) is 4.90 Å². The van der Waals surface area contributed by atoms with Crippen LogP contribution in [0.3, 0.4) is 0 Å². The molecule has 0 unspecified atom stereocenters. The van der Waals surface area contributed by atoms with E-state index in [-0.39, 0.29) is 6.61 Å². The molecule has 1 heterocycles. The molecule has 0 spiro atoms. The van der Waals surface area contributed by atoms with Gasteiger partial charge in [-0.2, -0.15) is 0 Å². The normalized spacial score (nSPS) is 22.4. The summed E-state index contributed by atoms with van der Waals surface area (Å²) in [4.78, 5) is 25.3. The Morgan fingerprint density at radius 1 is 1.33 bits per heavy atom. The number of rotatable bonds is 6. The summed E-state index contributed by atoms with van der Waals surface area (Å²) < 4.78 is 10.8. The van der Waals surface area contributed by atoms with E-state index < -0.39 is 23.2 Å². The summed E-state index contributed by atoms with van der Waals surface area (Å²) in [5.41, 5.74) is -1.94. The fourth-order valence-electron chi connectivity index (χ4n) is 2.38. The lowest BCUT2D eigenvalue weighted by molar-refractivity contribution is -0.153. The molecule has 0 aromatic rings. The van der Waals surface area contributed by atoms with E-state index in [1.165, 1.54) is 4.90 Å². The van der Waals surface area contributed by atoms with Gasteiger partial charge in [0.05, 0.1) is 6.61 Å². The van der Waals surface area contributed by atoms with Gasteiger partial charge in [-0.05, 0) is 40.0 Å². The van der Waals surface area contributed by atoms with Crippen LogP contribution in [0.2, 0.25) is 0 Å². The first-order chi connectivity index (χ1) is 9.73. The Balaban J connectivity index is 2.80. The third kappa shape index (κ3) is 4.59. The first-order valence-electron chi connectivity index (χ1n) is 7.55. The zero-order valence-electron chi connectivity index (χ0n) is 13.5. The number of hydrogen-bond donors (Lipinski definition) is 1. The first-order valence-corrected chi connectivity index (χ1v) is 7.55. The van der Waals surface area contributed by atoms with Crippen molar-refractivity contribution in [3.63, 3.8) is 0 Å². The molecule has 0 radical (unpaired) electrons. The lowest BCUT2D eigenvalue weighted by atomic mass is 9.97. The van der Waals surface area contributed by atoms with Crippen LogP contribution in [-0.4, -0.2) is 53.0 Å². The standard InChI is InChI=1S/C15H27NO5/c1-5-6-10-20-11-15(12(17)18)8-7-9-16(15)13(19)21-14(2,3)4/h5-11H2,1-4H3,(H,17,18)/t15-/m0/s1. The number of unbranched alkanes of at least 4 members (excludes halogenated alkanes) is 1. The number of carbonyl (C=O) groups excluding carboxylic acids is 1. The topological polar surface area (TPSA) is 76.1 Å². The molecule has 21 heavy (non-hydrogen) atoms. The van der Waals surface area contributed by atoms with Crippen molar-refractivity contribution in [2.75, 3.05) is 19.8 Å². The van der Waals surface area contributed by atoms with E-state index in [0.717, 1.165) is 12.8 Å². The molecule has 0 saturated carbocycles. The lowest BCUT2D eigenvalue weighted by Crippen LogP contribution is -2.57. The van der Waals surface area contributed by atoms with Crippen LogP contribution in [-0.2, 0) is 14.3 Å². The molecule has 6 nitrogen and oxygen atoms in total. The Hall–Kier alpha value is -1.30. The Labute approximate surface area is 126 Å². The smallest absolute Gasteiger partial charge is 0.411 e. The molecule has 1 atom stereocenters. The van der Waals surface area contributed by atoms with Crippen LogP contribution in [0, 0.1) is 0 Å². The van der Waals surface area contributed by atoms with Gasteiger partial charge in [-0.1, -0.05) is 13.3 Å². The monoisotopic (exact) mass is 301 g/mol. The molecule has 0 aromatic heterocycles. The highest BCUT2D eigenvalue weighted by Crippen LogP contribution is 2.32. The van der Waals surface area contributed by atoms with Crippen LogP contribution >= 0.6 is 0 Å². The summed E-state index contributed by atoms with van der Waals surface area (Å²) in [5, 5.41) is 9.61. The highest BCUT2D eigenvalue weighted by molar-refractivity contribution is 5.85. The maximum Gasteiger partial charge on any atom is 0.411 e. The third-order valence-corrected chi connectivity index (χ3v) is 3.48. The number of hydrogen-bond acceptors (Lipinski definition) is 4. The molecule has 6 heteroatoms. The second kappa shape index (κ2) is 7.11. The second-order valence-electron chi connectivity index (χ2n) is 6.48. The largest absolute Gasteiger partial charge is 0.479 e. The predicted octanol–water partition coefficient (Wildman–Crippen LogP) is 2.66. The molecular formula is C15H27NO5. The van der Waals surface area contributed by atoms with E-state index in [4.69, 9.17) is 9.47 Å². The van der Waals surface area contributed by atoms with Crippen molar-refractivity contribution in [2.45, 2.75) is 64.5 Å². The minimum Gasteiger partial charge on any atom is -0.479 e. The van der Waals surface area contributed by atoms with E-state index in [0.29, 0.717) is 26.0 Å². The molecule has 1 aliphatic heterocycles. The van der Waals surface area contributed by atoms with Crippen molar-refractivity contribution < 1.29 is 24.2 Å². The van der Waals surface area contributed by atoms with Gasteiger partial charge in [0.1, 0.15) is 5.60 Å². The molecule has 0 aliphatic carbocycles. The van der Waals surface area contributed by atoms with E-state index in [9.17, 15) is 14.7 Å². The van der Waals surface area contributed by atoms with Crippen molar-refractivity contribution in [1.29, 1.82) is 0 Å². The van der Waals surface area contributed by atoms with Gasteiger partial charge >= 0.3 is 12.1 Å². The Bertz CT molecular complexity index is 377. The fourth-order valence-corrected chi connectivity index (χ4v) is 2.38. The van der Waals surface area contributed by atoms with Crippen molar-refractivity contribution in [3.05, 3.63) is 0 Å². The molecule has 1 aliphatic rings. The van der Waals surface area contributed by atoms with Crippen LogP contribution in [0.5, 0.6) is 0 Å². The molecule has 0 bridgehead atoms. The van der Waals surface area contributed by atoms with Gasteiger partial charge in [-0.15, -0.1) is 0 Å². The minimum atomic E-state index is -1.30. The SMILES string of the molecule is CCCCOC[C@]1(C(=O)O)CCCN1C(=O)OC(C)(C)C. The zero-order chi connectivity index (χ0) is 16.1. The van der Waals surface area contributed by atoms with Crippen LogP contribution in [0.4, 0.5) is 4.79 Å². The molecule has 122 valence electrons. The fraction of sp³-hybridized carbons (Fsp3) is 0.867. The van der Waals surface area contributed by atoms with Crippen molar-refractivity contribution >= 4 is 12.1 Å². The van der Waals surface area contributed by atoms with Crippen molar-refractivity contribution in [3.8, 4) is 0 Å². The molecule has 1 amide bonds. The summed E-state index contributed by atoms with van der Waals surface area (Å²) in [6.45, 7) is 8.25. The summed E-state index contributed by atoms with van der Waals surface area (Å²) >= 11 is 0. The van der Waals surface area contributed by atoms with Crippen LogP contribution in [0.15, 0.2) is 0 Å². The van der Waals surface area contributed by atoms with Gasteiger partial charge in [0.15, 0.2) is 5.54 Å². The number of carboxylic acid groups (broad SMARTS) is 1. The van der Waals surface area contributed by atoms with Crippen LogP contribution in [0.1, 0.15) is 53.4 Å². The number of aliphatic carboxylic acids is 1. The molecule has 1 saturated heterocycles. The Morgan fingerprint density at radius 3 is 2.52 bits per heavy atom. The van der Waals surface area contributed by atoms with Gasteiger partial charge in [-0.25, -0.2) is 9.59 Å². The van der Waals surface area contributed by atoms with Gasteiger partial charge in [0.2, 0.25) is 0 Å². The van der Waals surface area contributed by atoms with Crippen molar-refractivity contribution in [1.82, 2.24) is 4.90 Å². The molecule has 0 aromatic carbocycles. The maximum absolute atomic E-state index is 12.3. The minimum absolute atomic E-state index is 0.0155. The van der Waals surface area contributed by atoms with Gasteiger partial charge < -0.3 is 14.6 Å². The highest BCUT2D eigenvalue weighted by Gasteiger charge is 2.51. The Kier molecular flexibility index (Phi) is 6.01. The van der Waals surface area contributed by atoms with E-state index >= 15 is 0 Å². The van der Waals surface area contributed by atoms with Gasteiger partial charge in [0.25, 0.3) is 0 Å². The van der Waals surface area contributed by atoms with Crippen LogP contribution in [0.25, 0.3) is 0 Å². The summed E-state index contributed by atoms with van der Waals surface area (Å²) in [6, 6.07) is 0. The highest BCUT2D eigenvalue weighted by atomic mass is 16.6. The van der Waals surface area contributed by atoms with E-state index in [1.807, 2.05) is 6.92 Å². The molecule has 1 rings (SSSR count). The third-order valence-electron chi connectivity index (χ3n) is 3.48. The van der Waals surface area contributed by atoms with Crippen molar-refractivity contribution in [2.24, 2.45) is 0 Å². The number of carboxylic acids is 1. The number of carbonyl (C=O) groups is 2. The average molecular weight is 301 g/mol. The second-order valence-corrected chi connectivity index (χ2v) is 6.48. The van der Waals surface area contributed by atoms with Gasteiger partial charge in [0, 0.05) is 13.2 Å². The maximum atomic E-state index is 12.3. The number of ether oxygens (including phenoxy) is 2. The average Bonchev–Trinajstić information content (AvgIpc) is 2.78. The zero-order valence-corrected chi connectivity index (χ0v) is 13.5. The number of nitrogens with zero attached hydrogens (tertiary/aromatic N) is 1. The van der Waals surface area contributed by atoms with E-state index in [2.05, 4.69) is 0 Å². The molecule has 1 N–H and O–H groups in total. The summed E-state index contributed by atoms with van der Waals surface area (Å²) in [7, 11) is 0. The Morgan fingerprint density at radius 2 is 2.00 bits per heavy atom. The predicted molar refractivity (Wildman–Crippen MR) is 78.3 cm³/mol. The molecule has 1 fully saturated rings. The summed E-state index contributed by atoms with van der Waals surface area (Å²) in [5.74, 6) is -1.03.